The van der Waals surface area contributed by atoms with Crippen LogP contribution in [-0.2, 0) is 6.42 Å². The van der Waals surface area contributed by atoms with Crippen LogP contribution in [0.5, 0.6) is 0 Å². The largest absolute Gasteiger partial charge is 0.310 e. The van der Waals surface area contributed by atoms with Crippen molar-refractivity contribution in [2.75, 3.05) is 4.90 Å². The lowest BCUT2D eigenvalue weighted by Gasteiger charge is -2.29. The standard InChI is InChI=1S/C35H27N3/c1-3-24-13-5-11-19-33(24)38(32-18-10-4-12-23(32)2)25-20-21-28-29(22-25)26-14-6-7-15-27(26)34-35(28)37-31-17-9-8-16-30(31)36-34/h4-22H,3H2,1-2H3. The molecular weight excluding hydrogens is 462 g/mol. The molecule has 182 valence electrons. The van der Waals surface area contributed by atoms with E-state index >= 15 is 0 Å². The molecule has 7 rings (SSSR count). The zero-order valence-corrected chi connectivity index (χ0v) is 21.5. The second-order valence-electron chi connectivity index (χ2n) is 9.79. The highest BCUT2D eigenvalue weighted by molar-refractivity contribution is 6.24. The van der Waals surface area contributed by atoms with Gasteiger partial charge in [-0.25, -0.2) is 9.97 Å². The van der Waals surface area contributed by atoms with Gasteiger partial charge in [0.2, 0.25) is 0 Å². The summed E-state index contributed by atoms with van der Waals surface area (Å²) in [4.78, 5) is 12.6. The summed E-state index contributed by atoms with van der Waals surface area (Å²) in [5, 5.41) is 4.62. The summed E-state index contributed by atoms with van der Waals surface area (Å²) in [7, 11) is 0. The number of aryl methyl sites for hydroxylation is 2. The van der Waals surface area contributed by atoms with Crippen LogP contribution in [0.3, 0.4) is 0 Å². The molecule has 0 N–H and O–H groups in total. The molecule has 3 nitrogen and oxygen atoms in total. The zero-order valence-electron chi connectivity index (χ0n) is 21.5. The van der Waals surface area contributed by atoms with E-state index in [-0.39, 0.29) is 0 Å². The van der Waals surface area contributed by atoms with Crippen molar-refractivity contribution in [2.24, 2.45) is 0 Å². The van der Waals surface area contributed by atoms with E-state index in [1.165, 1.54) is 33.3 Å². The van der Waals surface area contributed by atoms with Crippen LogP contribution in [-0.4, -0.2) is 9.97 Å². The van der Waals surface area contributed by atoms with Crippen molar-refractivity contribution in [1.82, 2.24) is 9.97 Å². The maximum atomic E-state index is 5.11. The molecule has 0 spiro atoms. The predicted molar refractivity (Wildman–Crippen MR) is 161 cm³/mol. The fourth-order valence-corrected chi connectivity index (χ4v) is 5.65. The number of anilines is 3. The molecule has 7 aromatic rings. The average molecular weight is 490 g/mol. The van der Waals surface area contributed by atoms with Gasteiger partial charge in [-0.3, -0.25) is 0 Å². The molecule has 0 bridgehead atoms. The first-order chi connectivity index (χ1) is 18.7. The molecule has 3 heteroatoms. The SMILES string of the molecule is CCc1ccccc1N(c1ccc2c(c1)c1ccccc1c1nc3ccccc3nc21)c1ccccc1C. The van der Waals surface area contributed by atoms with Gasteiger partial charge >= 0.3 is 0 Å². The molecule has 0 aliphatic heterocycles. The van der Waals surface area contributed by atoms with Gasteiger partial charge in [-0.15, -0.1) is 0 Å². The number of aromatic nitrogens is 2. The Kier molecular flexibility index (Phi) is 5.29. The van der Waals surface area contributed by atoms with E-state index in [0.717, 1.165) is 44.9 Å². The highest BCUT2D eigenvalue weighted by Gasteiger charge is 2.19. The maximum Gasteiger partial charge on any atom is 0.0979 e. The second-order valence-corrected chi connectivity index (χ2v) is 9.79. The molecule has 0 atom stereocenters. The lowest BCUT2D eigenvalue weighted by atomic mass is 9.98. The van der Waals surface area contributed by atoms with E-state index in [0.29, 0.717) is 0 Å². The summed E-state index contributed by atoms with van der Waals surface area (Å²) in [5.41, 5.74) is 9.80. The average Bonchev–Trinajstić information content (AvgIpc) is 2.98. The Labute approximate surface area is 222 Å². The second kappa shape index (κ2) is 8.97. The first-order valence-corrected chi connectivity index (χ1v) is 13.2. The smallest absolute Gasteiger partial charge is 0.0979 e. The lowest BCUT2D eigenvalue weighted by Crippen LogP contribution is -2.13. The molecule has 38 heavy (non-hydrogen) atoms. The third-order valence-corrected chi connectivity index (χ3v) is 7.53. The van der Waals surface area contributed by atoms with E-state index in [2.05, 4.69) is 110 Å². The van der Waals surface area contributed by atoms with Crippen LogP contribution < -0.4 is 4.90 Å². The third kappa shape index (κ3) is 3.51. The molecule has 0 unspecified atom stereocenters. The van der Waals surface area contributed by atoms with Crippen LogP contribution in [0.1, 0.15) is 18.1 Å². The van der Waals surface area contributed by atoms with Crippen LogP contribution in [0.25, 0.3) is 43.6 Å². The van der Waals surface area contributed by atoms with Gasteiger partial charge in [-0.2, -0.15) is 0 Å². The Hall–Kier alpha value is -4.76. The van der Waals surface area contributed by atoms with Crippen molar-refractivity contribution in [3.05, 3.63) is 126 Å². The zero-order chi connectivity index (χ0) is 25.6. The topological polar surface area (TPSA) is 29.0 Å². The fraction of sp³-hybridized carbons (Fsp3) is 0.0857. The van der Waals surface area contributed by atoms with Gasteiger partial charge in [-0.1, -0.05) is 85.8 Å². The summed E-state index contributed by atoms with van der Waals surface area (Å²) in [5.74, 6) is 0. The molecule has 0 aliphatic carbocycles. The molecular formula is C35H27N3. The molecule has 0 radical (unpaired) electrons. The lowest BCUT2D eigenvalue weighted by molar-refractivity contribution is 1.11. The predicted octanol–water partition coefficient (Wildman–Crippen LogP) is 9.43. The van der Waals surface area contributed by atoms with E-state index in [1.807, 2.05) is 24.3 Å². The Morgan fingerprint density at radius 3 is 1.84 bits per heavy atom. The van der Waals surface area contributed by atoms with Crippen LogP contribution >= 0.6 is 0 Å². The first-order valence-electron chi connectivity index (χ1n) is 13.2. The number of benzene rings is 6. The van der Waals surface area contributed by atoms with E-state index in [4.69, 9.17) is 9.97 Å². The molecule has 1 heterocycles. The molecule has 1 aromatic heterocycles. The summed E-state index contributed by atoms with van der Waals surface area (Å²) in [6.07, 6.45) is 0.961. The highest BCUT2D eigenvalue weighted by Crippen LogP contribution is 2.42. The third-order valence-electron chi connectivity index (χ3n) is 7.53. The van der Waals surface area contributed by atoms with Crippen molar-refractivity contribution in [3.8, 4) is 0 Å². The van der Waals surface area contributed by atoms with Crippen molar-refractivity contribution >= 4 is 60.7 Å². The van der Waals surface area contributed by atoms with E-state index in [9.17, 15) is 0 Å². The molecule has 0 saturated heterocycles. The van der Waals surface area contributed by atoms with Gasteiger partial charge in [0, 0.05) is 27.8 Å². The number of fused-ring (bicyclic) bond motifs is 7. The van der Waals surface area contributed by atoms with Gasteiger partial charge in [0.25, 0.3) is 0 Å². The van der Waals surface area contributed by atoms with Crippen LogP contribution in [0.4, 0.5) is 17.1 Å². The fourth-order valence-electron chi connectivity index (χ4n) is 5.65. The Morgan fingerprint density at radius 2 is 1.13 bits per heavy atom. The summed E-state index contributed by atoms with van der Waals surface area (Å²) < 4.78 is 0. The van der Waals surface area contributed by atoms with Crippen molar-refractivity contribution in [1.29, 1.82) is 0 Å². The summed E-state index contributed by atoms with van der Waals surface area (Å²) in [6, 6.07) is 40.8. The normalized spacial score (nSPS) is 11.5. The molecule has 0 saturated carbocycles. The maximum absolute atomic E-state index is 5.11. The minimum atomic E-state index is 0.916. The van der Waals surface area contributed by atoms with Crippen LogP contribution in [0.2, 0.25) is 0 Å². The van der Waals surface area contributed by atoms with Gasteiger partial charge < -0.3 is 4.90 Å². The number of para-hydroxylation sites is 4. The van der Waals surface area contributed by atoms with Gasteiger partial charge in [0.1, 0.15) is 0 Å². The Bertz CT molecular complexity index is 1990. The quantitative estimate of drug-likeness (QED) is 0.182. The Morgan fingerprint density at radius 1 is 0.553 bits per heavy atom. The van der Waals surface area contributed by atoms with Gasteiger partial charge in [0.05, 0.1) is 22.1 Å². The minimum absolute atomic E-state index is 0.916. The number of hydrogen-bond acceptors (Lipinski definition) is 3. The Balaban J connectivity index is 1.57. The minimum Gasteiger partial charge on any atom is -0.310 e. The molecule has 0 amide bonds. The number of rotatable bonds is 4. The van der Waals surface area contributed by atoms with Crippen molar-refractivity contribution in [2.45, 2.75) is 20.3 Å². The van der Waals surface area contributed by atoms with Gasteiger partial charge in [0.15, 0.2) is 0 Å². The molecule has 0 aliphatic rings. The first kappa shape index (κ1) is 22.4. The van der Waals surface area contributed by atoms with Crippen molar-refractivity contribution in [3.63, 3.8) is 0 Å². The number of nitrogens with zero attached hydrogens (tertiary/aromatic N) is 3. The number of hydrogen-bond donors (Lipinski definition) is 0. The van der Waals surface area contributed by atoms with Gasteiger partial charge in [-0.05, 0) is 71.6 Å². The highest BCUT2D eigenvalue weighted by atomic mass is 15.1. The summed E-state index contributed by atoms with van der Waals surface area (Å²) >= 11 is 0. The van der Waals surface area contributed by atoms with Crippen LogP contribution in [0, 0.1) is 6.92 Å². The molecule has 6 aromatic carbocycles. The molecule has 0 fully saturated rings. The monoisotopic (exact) mass is 489 g/mol. The summed E-state index contributed by atoms with van der Waals surface area (Å²) in [6.45, 7) is 4.40. The van der Waals surface area contributed by atoms with E-state index < -0.39 is 0 Å². The van der Waals surface area contributed by atoms with E-state index in [1.54, 1.807) is 0 Å². The van der Waals surface area contributed by atoms with Crippen molar-refractivity contribution < 1.29 is 0 Å². The van der Waals surface area contributed by atoms with Crippen LogP contribution in [0.15, 0.2) is 115 Å².